The predicted octanol–water partition coefficient (Wildman–Crippen LogP) is 3.36. The van der Waals surface area contributed by atoms with Gasteiger partial charge in [-0.2, -0.15) is 0 Å². The number of likely N-dealkylation sites (tertiary alicyclic amines) is 1. The topological polar surface area (TPSA) is 41.9 Å². The predicted molar refractivity (Wildman–Crippen MR) is 96.0 cm³/mol. The summed E-state index contributed by atoms with van der Waals surface area (Å²) in [5.41, 5.74) is 0.230. The fourth-order valence-corrected chi connectivity index (χ4v) is 4.86. The Morgan fingerprint density at radius 1 is 0.958 bits per heavy atom. The second kappa shape index (κ2) is 6.93. The number of rotatable bonds is 4. The Hall–Kier alpha value is -1.26. The Kier molecular flexibility index (Phi) is 5.07. The van der Waals surface area contributed by atoms with Crippen molar-refractivity contribution in [2.24, 2.45) is 0 Å². The molecule has 4 heteroatoms. The Morgan fingerprint density at radius 2 is 1.62 bits per heavy atom. The maximum Gasteiger partial charge on any atom is 0.164 e. The van der Waals surface area contributed by atoms with Gasteiger partial charge in [-0.05, 0) is 51.9 Å². The van der Waals surface area contributed by atoms with E-state index in [4.69, 9.17) is 9.47 Å². The summed E-state index contributed by atoms with van der Waals surface area (Å²) in [5, 5.41) is 11.8. The quantitative estimate of drug-likeness (QED) is 0.917. The number of benzene rings is 1. The fraction of sp³-hybridized carbons (Fsp3) is 0.700. The van der Waals surface area contributed by atoms with E-state index in [1.54, 1.807) is 14.2 Å². The first kappa shape index (κ1) is 17.6. The number of hydrogen-bond donors (Lipinski definition) is 1. The zero-order valence-electron chi connectivity index (χ0n) is 15.3. The number of hydrogen-bond acceptors (Lipinski definition) is 4. The van der Waals surface area contributed by atoms with Crippen molar-refractivity contribution < 1.29 is 14.6 Å². The molecule has 1 aromatic rings. The van der Waals surface area contributed by atoms with Gasteiger partial charge in [0.05, 0.1) is 19.8 Å². The van der Waals surface area contributed by atoms with E-state index in [0.717, 1.165) is 68.7 Å². The number of aliphatic hydroxyl groups is 1. The van der Waals surface area contributed by atoms with E-state index in [9.17, 15) is 5.11 Å². The Bertz CT molecular complexity index is 558. The van der Waals surface area contributed by atoms with Gasteiger partial charge in [0.25, 0.3) is 0 Å². The third-order valence-corrected chi connectivity index (χ3v) is 6.33. The lowest BCUT2D eigenvalue weighted by atomic mass is 9.57. The second-order valence-electron chi connectivity index (χ2n) is 7.52. The van der Waals surface area contributed by atoms with Crippen LogP contribution in [0.1, 0.15) is 50.5 Å². The Balaban J connectivity index is 2.12. The summed E-state index contributed by atoms with van der Waals surface area (Å²) in [5.74, 6) is 1.55. The highest BCUT2D eigenvalue weighted by Gasteiger charge is 2.53. The van der Waals surface area contributed by atoms with E-state index >= 15 is 0 Å². The first-order chi connectivity index (χ1) is 11.6. The molecule has 0 bridgehead atoms. The molecule has 3 rings (SSSR count). The van der Waals surface area contributed by atoms with E-state index in [-0.39, 0.29) is 5.41 Å². The average Bonchev–Trinajstić information content (AvgIpc) is 2.62. The van der Waals surface area contributed by atoms with Gasteiger partial charge in [-0.3, -0.25) is 0 Å². The lowest BCUT2D eigenvalue weighted by Gasteiger charge is -2.53. The summed E-state index contributed by atoms with van der Waals surface area (Å²) >= 11 is 0. The molecule has 4 nitrogen and oxygen atoms in total. The molecule has 0 radical (unpaired) electrons. The summed E-state index contributed by atoms with van der Waals surface area (Å²) in [6, 6.07) is 6.11. The minimum absolute atomic E-state index is 0.250. The zero-order valence-corrected chi connectivity index (χ0v) is 15.3. The first-order valence-corrected chi connectivity index (χ1v) is 9.19. The molecule has 1 N–H and O–H groups in total. The molecule has 24 heavy (non-hydrogen) atoms. The minimum Gasteiger partial charge on any atom is -0.493 e. The zero-order chi connectivity index (χ0) is 17.2. The summed E-state index contributed by atoms with van der Waals surface area (Å²) in [6.07, 6.45) is 7.15. The molecule has 0 unspecified atom stereocenters. The van der Waals surface area contributed by atoms with Crippen LogP contribution in [0.25, 0.3) is 0 Å². The monoisotopic (exact) mass is 333 g/mol. The SMILES string of the molecule is COc1cccc(C2(C3(O)CCCCC3)CCN(C)CC2)c1OC. The molecule has 1 saturated heterocycles. The molecule has 0 aromatic heterocycles. The molecule has 134 valence electrons. The molecule has 2 aliphatic rings. The Morgan fingerprint density at radius 3 is 2.21 bits per heavy atom. The maximum atomic E-state index is 11.8. The molecule has 1 aliphatic heterocycles. The van der Waals surface area contributed by atoms with Crippen LogP contribution >= 0.6 is 0 Å². The number of methoxy groups -OCH3 is 2. The molecule has 0 spiro atoms. The van der Waals surface area contributed by atoms with Crippen molar-refractivity contribution in [1.82, 2.24) is 4.90 Å². The van der Waals surface area contributed by atoms with Crippen LogP contribution < -0.4 is 9.47 Å². The maximum absolute atomic E-state index is 11.8. The van der Waals surface area contributed by atoms with Crippen LogP contribution in [0.4, 0.5) is 0 Å². The van der Waals surface area contributed by atoms with Gasteiger partial charge < -0.3 is 19.5 Å². The van der Waals surface area contributed by atoms with Gasteiger partial charge in [-0.15, -0.1) is 0 Å². The molecule has 2 fully saturated rings. The lowest BCUT2D eigenvalue weighted by molar-refractivity contribution is -0.0902. The van der Waals surface area contributed by atoms with Crippen molar-refractivity contribution in [3.63, 3.8) is 0 Å². The van der Waals surface area contributed by atoms with Crippen molar-refractivity contribution in [2.75, 3.05) is 34.4 Å². The molecule has 1 aliphatic carbocycles. The highest BCUT2D eigenvalue weighted by molar-refractivity contribution is 5.52. The highest BCUT2D eigenvalue weighted by Crippen LogP contribution is 2.54. The van der Waals surface area contributed by atoms with Crippen LogP contribution in [0.2, 0.25) is 0 Å². The second-order valence-corrected chi connectivity index (χ2v) is 7.52. The van der Waals surface area contributed by atoms with Gasteiger partial charge in [0, 0.05) is 11.0 Å². The molecular weight excluding hydrogens is 302 g/mol. The number of para-hydroxylation sites is 1. The molecule has 1 saturated carbocycles. The van der Waals surface area contributed by atoms with Gasteiger partial charge in [0.2, 0.25) is 0 Å². The first-order valence-electron chi connectivity index (χ1n) is 9.19. The summed E-state index contributed by atoms with van der Waals surface area (Å²) in [6.45, 7) is 2.01. The van der Waals surface area contributed by atoms with Crippen LogP contribution in [0.15, 0.2) is 18.2 Å². The van der Waals surface area contributed by atoms with E-state index in [2.05, 4.69) is 18.0 Å². The van der Waals surface area contributed by atoms with Crippen molar-refractivity contribution in [3.8, 4) is 11.5 Å². The van der Waals surface area contributed by atoms with E-state index in [1.807, 2.05) is 12.1 Å². The van der Waals surface area contributed by atoms with E-state index < -0.39 is 5.60 Å². The highest BCUT2D eigenvalue weighted by atomic mass is 16.5. The molecule has 0 amide bonds. The molecule has 1 aromatic carbocycles. The summed E-state index contributed by atoms with van der Waals surface area (Å²) in [7, 11) is 5.55. The third-order valence-electron chi connectivity index (χ3n) is 6.33. The van der Waals surface area contributed by atoms with Crippen molar-refractivity contribution in [2.45, 2.75) is 56.0 Å². The van der Waals surface area contributed by atoms with E-state index in [0.29, 0.717) is 0 Å². The lowest BCUT2D eigenvalue weighted by Crippen LogP contribution is -2.57. The number of nitrogens with zero attached hydrogens (tertiary/aromatic N) is 1. The largest absolute Gasteiger partial charge is 0.493 e. The minimum atomic E-state index is -0.647. The van der Waals surface area contributed by atoms with Crippen molar-refractivity contribution >= 4 is 0 Å². The van der Waals surface area contributed by atoms with Crippen LogP contribution in [0.5, 0.6) is 11.5 Å². The Labute approximate surface area is 145 Å². The van der Waals surface area contributed by atoms with Gasteiger partial charge in [0.1, 0.15) is 0 Å². The molecule has 0 atom stereocenters. The smallest absolute Gasteiger partial charge is 0.164 e. The fourth-order valence-electron chi connectivity index (χ4n) is 4.86. The van der Waals surface area contributed by atoms with E-state index in [1.165, 1.54) is 6.42 Å². The summed E-state index contributed by atoms with van der Waals surface area (Å²) in [4.78, 5) is 2.36. The van der Waals surface area contributed by atoms with Gasteiger partial charge in [0.15, 0.2) is 11.5 Å². The van der Waals surface area contributed by atoms with Gasteiger partial charge in [-0.1, -0.05) is 31.4 Å². The average molecular weight is 333 g/mol. The standard InChI is InChI=1S/C20H31NO3/c1-21-14-12-19(13-15-21,20(22)10-5-4-6-11-20)16-8-7-9-17(23-2)18(16)24-3/h7-9,22H,4-6,10-15H2,1-3H3. The van der Waals surface area contributed by atoms with Crippen LogP contribution in [0.3, 0.4) is 0 Å². The van der Waals surface area contributed by atoms with Crippen molar-refractivity contribution in [3.05, 3.63) is 23.8 Å². The number of ether oxygens (including phenoxy) is 2. The normalized spacial score (nSPS) is 23.7. The molecular formula is C20H31NO3. The van der Waals surface area contributed by atoms with Crippen molar-refractivity contribution in [1.29, 1.82) is 0 Å². The van der Waals surface area contributed by atoms with Crippen LogP contribution in [0, 0.1) is 0 Å². The van der Waals surface area contributed by atoms with Gasteiger partial charge >= 0.3 is 0 Å². The van der Waals surface area contributed by atoms with Crippen LogP contribution in [-0.4, -0.2) is 50.0 Å². The van der Waals surface area contributed by atoms with Crippen LogP contribution in [-0.2, 0) is 5.41 Å². The third kappa shape index (κ3) is 2.80. The van der Waals surface area contributed by atoms with Gasteiger partial charge in [-0.25, -0.2) is 0 Å². The number of piperidine rings is 1. The molecule has 1 heterocycles. The summed E-state index contributed by atoms with van der Waals surface area (Å²) < 4.78 is 11.3.